The van der Waals surface area contributed by atoms with Crippen LogP contribution in [-0.2, 0) is 23.6 Å². The number of likely N-dealkylation sites (N-methyl/N-ethyl adjacent to an activating group) is 1. The van der Waals surface area contributed by atoms with Crippen LogP contribution in [0.15, 0.2) is 35.6 Å². The summed E-state index contributed by atoms with van der Waals surface area (Å²) in [6, 6.07) is 3.16. The molecule has 0 amide bonds. The van der Waals surface area contributed by atoms with Crippen LogP contribution in [0.5, 0.6) is 0 Å². The van der Waals surface area contributed by atoms with E-state index in [0.717, 1.165) is 18.7 Å². The Morgan fingerprint density at radius 1 is 1.22 bits per heavy atom. The molecule has 4 heterocycles. The van der Waals surface area contributed by atoms with Gasteiger partial charge in [0.25, 0.3) is 0 Å². The van der Waals surface area contributed by atoms with Crippen molar-refractivity contribution >= 4 is 15.8 Å². The third-order valence-electron chi connectivity index (χ3n) is 5.47. The number of fused-ring (bicyclic) bond motifs is 2. The third-order valence-corrected chi connectivity index (χ3v) is 7.59. The van der Waals surface area contributed by atoms with E-state index in [4.69, 9.17) is 0 Å². The topological polar surface area (TPSA) is 74.6 Å². The molecule has 0 saturated carbocycles. The average Bonchev–Trinajstić information content (AvgIpc) is 3.18. The van der Waals surface area contributed by atoms with Gasteiger partial charge in [0, 0.05) is 57.7 Å². The zero-order chi connectivity index (χ0) is 19.3. The highest BCUT2D eigenvalue weighted by atomic mass is 32.2. The minimum Gasteiger partial charge on any atom is -0.353 e. The fourth-order valence-corrected chi connectivity index (χ4v) is 6.40. The zero-order valence-electron chi connectivity index (χ0n) is 16.1. The lowest BCUT2D eigenvalue weighted by Crippen LogP contribution is -2.52. The first-order valence-electron chi connectivity index (χ1n) is 9.20. The fourth-order valence-electron chi connectivity index (χ4n) is 4.38. The Hall–Kier alpha value is -1.97. The predicted molar refractivity (Wildman–Crippen MR) is 103 cm³/mol. The molecule has 1 fully saturated rings. The van der Waals surface area contributed by atoms with Gasteiger partial charge in [-0.1, -0.05) is 0 Å². The number of sulfonamides is 1. The maximum atomic E-state index is 13.4. The molecule has 8 nitrogen and oxygen atoms in total. The van der Waals surface area contributed by atoms with Crippen LogP contribution >= 0.6 is 0 Å². The smallest absolute Gasteiger partial charge is 0.247 e. The summed E-state index contributed by atoms with van der Waals surface area (Å²) in [6.45, 7) is 6.12. The van der Waals surface area contributed by atoms with E-state index in [1.54, 1.807) is 27.3 Å². The van der Waals surface area contributed by atoms with Gasteiger partial charge < -0.3 is 4.90 Å². The number of nitrogens with zero attached hydrogens (tertiary/aromatic N) is 6. The molecule has 0 aromatic carbocycles. The standard InChI is InChI=1S/C18H26N6O2S/c1-13(2)24-16-12-23(10-14-8-20-21(3)9-14)11-15(16)22(4)18-17(27(24,25)26)6-5-7-19-18/h5-9,13,15-16H,10-12H2,1-4H3/t15-,16-/m0/s1. The van der Waals surface area contributed by atoms with Crippen molar-refractivity contribution in [3.63, 3.8) is 0 Å². The van der Waals surface area contributed by atoms with Crippen molar-refractivity contribution in [2.75, 3.05) is 25.0 Å². The molecule has 2 aliphatic heterocycles. The summed E-state index contributed by atoms with van der Waals surface area (Å²) in [5.41, 5.74) is 1.13. The molecule has 0 radical (unpaired) electrons. The normalized spacial score (nSPS) is 25.4. The quantitative estimate of drug-likeness (QED) is 0.776. The van der Waals surface area contributed by atoms with Gasteiger partial charge in [0.15, 0.2) is 0 Å². The maximum absolute atomic E-state index is 13.4. The highest BCUT2D eigenvalue weighted by Gasteiger charge is 2.49. The Labute approximate surface area is 160 Å². The van der Waals surface area contributed by atoms with Crippen LogP contribution in [-0.4, -0.2) is 70.7 Å². The molecule has 2 aromatic rings. The number of hydrogen-bond donors (Lipinski definition) is 0. The van der Waals surface area contributed by atoms with E-state index < -0.39 is 10.0 Å². The molecule has 0 aliphatic carbocycles. The van der Waals surface area contributed by atoms with E-state index in [2.05, 4.69) is 15.0 Å². The van der Waals surface area contributed by atoms with E-state index in [1.807, 2.05) is 45.2 Å². The summed E-state index contributed by atoms with van der Waals surface area (Å²) >= 11 is 0. The largest absolute Gasteiger partial charge is 0.353 e. The van der Waals surface area contributed by atoms with E-state index in [0.29, 0.717) is 17.3 Å². The molecule has 2 aliphatic rings. The summed E-state index contributed by atoms with van der Waals surface area (Å²) in [6.07, 6.45) is 5.53. The van der Waals surface area contributed by atoms with Gasteiger partial charge in [0.2, 0.25) is 10.0 Å². The molecular weight excluding hydrogens is 364 g/mol. The lowest BCUT2D eigenvalue weighted by Gasteiger charge is -2.34. The molecule has 27 heavy (non-hydrogen) atoms. The van der Waals surface area contributed by atoms with Crippen LogP contribution in [0.1, 0.15) is 19.4 Å². The van der Waals surface area contributed by atoms with Crippen LogP contribution in [0, 0.1) is 0 Å². The number of likely N-dealkylation sites (tertiary alicyclic amines) is 1. The molecule has 0 N–H and O–H groups in total. The van der Waals surface area contributed by atoms with Gasteiger partial charge in [0.1, 0.15) is 10.7 Å². The maximum Gasteiger partial charge on any atom is 0.247 e. The SMILES string of the molecule is CC(C)N1[C@H]2CN(Cc3cnn(C)c3)C[C@@H]2N(C)c2ncccc2S1(=O)=O. The summed E-state index contributed by atoms with van der Waals surface area (Å²) in [5.74, 6) is 0.541. The summed E-state index contributed by atoms with van der Waals surface area (Å²) < 4.78 is 30.4. The molecule has 1 saturated heterocycles. The third kappa shape index (κ3) is 3.03. The molecule has 0 bridgehead atoms. The molecule has 0 spiro atoms. The second-order valence-electron chi connectivity index (χ2n) is 7.72. The average molecular weight is 391 g/mol. The summed E-state index contributed by atoms with van der Waals surface area (Å²) in [5, 5.41) is 4.24. The van der Waals surface area contributed by atoms with Crippen molar-refractivity contribution < 1.29 is 8.42 Å². The Balaban J connectivity index is 1.73. The summed E-state index contributed by atoms with van der Waals surface area (Å²) in [4.78, 5) is 9.06. The van der Waals surface area contributed by atoms with Gasteiger partial charge in [0.05, 0.1) is 18.3 Å². The van der Waals surface area contributed by atoms with Crippen molar-refractivity contribution in [1.29, 1.82) is 0 Å². The number of pyridine rings is 1. The Morgan fingerprint density at radius 3 is 2.63 bits per heavy atom. The number of rotatable bonds is 3. The van der Waals surface area contributed by atoms with Gasteiger partial charge in [-0.15, -0.1) is 0 Å². The fraction of sp³-hybridized carbons (Fsp3) is 0.556. The Morgan fingerprint density at radius 2 is 1.96 bits per heavy atom. The lowest BCUT2D eigenvalue weighted by molar-refractivity contribution is 0.249. The molecular formula is C18H26N6O2S. The van der Waals surface area contributed by atoms with Gasteiger partial charge in [-0.25, -0.2) is 13.4 Å². The van der Waals surface area contributed by atoms with Gasteiger partial charge in [-0.3, -0.25) is 9.58 Å². The zero-order valence-corrected chi connectivity index (χ0v) is 17.0. The van der Waals surface area contributed by atoms with E-state index in [1.165, 1.54) is 0 Å². The minimum absolute atomic E-state index is 0.0509. The summed E-state index contributed by atoms with van der Waals surface area (Å²) in [7, 11) is 0.247. The molecule has 4 rings (SSSR count). The van der Waals surface area contributed by atoms with E-state index in [9.17, 15) is 8.42 Å². The van der Waals surface area contributed by atoms with Crippen molar-refractivity contribution in [2.45, 2.75) is 43.4 Å². The van der Waals surface area contributed by atoms with Crippen molar-refractivity contribution in [3.05, 3.63) is 36.3 Å². The number of aryl methyl sites for hydroxylation is 1. The van der Waals surface area contributed by atoms with Crippen LogP contribution in [0.4, 0.5) is 5.82 Å². The van der Waals surface area contributed by atoms with E-state index >= 15 is 0 Å². The van der Waals surface area contributed by atoms with Crippen molar-refractivity contribution in [1.82, 2.24) is 24.0 Å². The monoisotopic (exact) mass is 390 g/mol. The molecule has 0 unspecified atom stereocenters. The highest BCUT2D eigenvalue weighted by Crippen LogP contribution is 2.37. The second-order valence-corrected chi connectivity index (χ2v) is 9.53. The Bertz CT molecular complexity index is 941. The Kier molecular flexibility index (Phi) is 4.48. The minimum atomic E-state index is -3.61. The number of hydrogen-bond acceptors (Lipinski definition) is 6. The van der Waals surface area contributed by atoms with Crippen LogP contribution < -0.4 is 4.90 Å². The second kappa shape index (κ2) is 6.57. The first kappa shape index (κ1) is 18.4. The van der Waals surface area contributed by atoms with E-state index in [-0.39, 0.29) is 18.1 Å². The molecule has 2 atom stereocenters. The number of anilines is 1. The van der Waals surface area contributed by atoms with Crippen molar-refractivity contribution in [3.8, 4) is 0 Å². The van der Waals surface area contributed by atoms with Gasteiger partial charge in [-0.2, -0.15) is 9.40 Å². The predicted octanol–water partition coefficient (Wildman–Crippen LogP) is 0.917. The van der Waals surface area contributed by atoms with Crippen LogP contribution in [0.25, 0.3) is 0 Å². The van der Waals surface area contributed by atoms with Gasteiger partial charge >= 0.3 is 0 Å². The molecule has 146 valence electrons. The lowest BCUT2D eigenvalue weighted by atomic mass is 10.1. The highest BCUT2D eigenvalue weighted by molar-refractivity contribution is 7.89. The molecule has 9 heteroatoms. The van der Waals surface area contributed by atoms with Crippen molar-refractivity contribution in [2.24, 2.45) is 7.05 Å². The van der Waals surface area contributed by atoms with Gasteiger partial charge in [-0.05, 0) is 26.0 Å². The molecule has 2 aromatic heterocycles. The first-order valence-corrected chi connectivity index (χ1v) is 10.6. The van der Waals surface area contributed by atoms with Crippen LogP contribution in [0.2, 0.25) is 0 Å². The van der Waals surface area contributed by atoms with Crippen LogP contribution in [0.3, 0.4) is 0 Å². The number of aromatic nitrogens is 3. The first-order chi connectivity index (χ1) is 12.8.